The van der Waals surface area contributed by atoms with Crippen molar-refractivity contribution in [1.29, 1.82) is 0 Å². The lowest BCUT2D eigenvalue weighted by atomic mass is 10.2. The summed E-state index contributed by atoms with van der Waals surface area (Å²) in [5.41, 5.74) is -1.75. The second kappa shape index (κ2) is 8.63. The number of hydrogen-bond donors (Lipinski definition) is 1. The molecule has 5 heterocycles. The van der Waals surface area contributed by atoms with Gasteiger partial charge in [0.15, 0.2) is 11.5 Å². The van der Waals surface area contributed by atoms with Crippen molar-refractivity contribution < 1.29 is 27.5 Å². The summed E-state index contributed by atoms with van der Waals surface area (Å²) in [4.78, 5) is 23.3. The van der Waals surface area contributed by atoms with Crippen LogP contribution in [0.3, 0.4) is 0 Å². The zero-order valence-electron chi connectivity index (χ0n) is 17.6. The first-order valence-electron chi connectivity index (χ1n) is 9.72. The number of fused-ring (bicyclic) bond motifs is 1. The molecule has 5 aromatic heterocycles. The van der Waals surface area contributed by atoms with Gasteiger partial charge in [-0.25, -0.2) is 9.67 Å². The van der Waals surface area contributed by atoms with E-state index in [0.717, 1.165) is 11.0 Å². The molecule has 0 aliphatic rings. The lowest BCUT2D eigenvalue weighted by Crippen LogP contribution is -2.40. The molecule has 15 heteroatoms. The molecule has 0 aliphatic heterocycles. The van der Waals surface area contributed by atoms with Crippen LogP contribution in [0.15, 0.2) is 54.7 Å². The van der Waals surface area contributed by atoms with Gasteiger partial charge in [-0.3, -0.25) is 9.63 Å². The minimum atomic E-state index is -4.90. The van der Waals surface area contributed by atoms with Crippen LogP contribution in [-0.4, -0.2) is 42.8 Å². The lowest BCUT2D eigenvalue weighted by molar-refractivity contribution is -0.884. The number of alkyl halides is 3. The van der Waals surface area contributed by atoms with E-state index in [1.807, 2.05) is 0 Å². The average molecular weight is 522 g/mol. The molecule has 0 radical (unpaired) electrons. The first-order chi connectivity index (χ1) is 16.8. The molecule has 0 spiro atoms. The van der Waals surface area contributed by atoms with Gasteiger partial charge in [0.05, 0.1) is 41.1 Å². The molecule has 0 saturated heterocycles. The second-order valence-corrected chi connectivity index (χ2v) is 8.36. The summed E-state index contributed by atoms with van der Waals surface area (Å²) in [7, 11) is 1.38. The van der Waals surface area contributed by atoms with Gasteiger partial charge in [0, 0.05) is 10.1 Å². The Morgan fingerprint density at radius 1 is 1.20 bits per heavy atom. The van der Waals surface area contributed by atoms with Crippen LogP contribution < -0.4 is 14.9 Å². The molecule has 178 valence electrons. The summed E-state index contributed by atoms with van der Waals surface area (Å²) in [6.07, 6.45) is 3.03. The van der Waals surface area contributed by atoms with Crippen molar-refractivity contribution in [2.75, 3.05) is 12.4 Å². The maximum absolute atomic E-state index is 14.2. The minimum Gasteiger partial charge on any atom is -0.320 e. The summed E-state index contributed by atoms with van der Waals surface area (Å²) < 4.78 is 45.2. The van der Waals surface area contributed by atoms with Gasteiger partial charge in [-0.2, -0.15) is 28.5 Å². The Labute approximate surface area is 203 Å². The molecule has 1 N–H and O–H groups in total. The van der Waals surface area contributed by atoms with Crippen molar-refractivity contribution in [2.24, 2.45) is 0 Å². The maximum atomic E-state index is 14.2. The van der Waals surface area contributed by atoms with E-state index < -0.39 is 23.3 Å². The summed E-state index contributed by atoms with van der Waals surface area (Å²) >= 11 is 7.51. The molecule has 35 heavy (non-hydrogen) atoms. The maximum Gasteiger partial charge on any atom is 0.434 e. The zero-order chi connectivity index (χ0) is 24.7. The number of aromatic nitrogens is 7. The minimum absolute atomic E-state index is 0.0777. The van der Waals surface area contributed by atoms with Crippen LogP contribution in [0.25, 0.3) is 21.6 Å². The van der Waals surface area contributed by atoms with E-state index in [1.165, 1.54) is 54.0 Å². The molecule has 0 bridgehead atoms. The number of hydrogen-bond acceptors (Lipinski definition) is 7. The highest BCUT2D eigenvalue weighted by molar-refractivity contribution is 7.17. The van der Waals surface area contributed by atoms with E-state index >= 15 is 0 Å². The fraction of sp³-hybridized carbons (Fsp3) is 0.100. The highest BCUT2D eigenvalue weighted by atomic mass is 35.5. The van der Waals surface area contributed by atoms with Gasteiger partial charge in [0.1, 0.15) is 17.5 Å². The average Bonchev–Trinajstić information content (AvgIpc) is 3.58. The predicted octanol–water partition coefficient (Wildman–Crippen LogP) is 3.33. The normalized spacial score (nSPS) is 11.7. The van der Waals surface area contributed by atoms with Crippen LogP contribution in [0.4, 0.5) is 18.9 Å². The summed E-state index contributed by atoms with van der Waals surface area (Å²) in [6.45, 7) is 0. The Balaban J connectivity index is 1.54. The quantitative estimate of drug-likeness (QED) is 0.356. The molecule has 0 aromatic carbocycles. The van der Waals surface area contributed by atoms with Gasteiger partial charge in [0.25, 0.3) is 5.91 Å². The van der Waals surface area contributed by atoms with E-state index in [1.54, 1.807) is 17.6 Å². The van der Waals surface area contributed by atoms with E-state index in [-0.39, 0.29) is 22.2 Å². The molecule has 0 fully saturated rings. The molecular formula is C20H13ClF3N8O2S+. The third-order valence-corrected chi connectivity index (χ3v) is 6.00. The molecule has 1 amide bonds. The van der Waals surface area contributed by atoms with Crippen LogP contribution in [0.5, 0.6) is 0 Å². The van der Waals surface area contributed by atoms with E-state index in [9.17, 15) is 18.0 Å². The zero-order valence-corrected chi connectivity index (χ0v) is 19.1. The summed E-state index contributed by atoms with van der Waals surface area (Å²) in [5, 5.41) is 16.4. The second-order valence-electron chi connectivity index (χ2n) is 7.00. The number of pyridine rings is 2. The van der Waals surface area contributed by atoms with Gasteiger partial charge in [-0.1, -0.05) is 11.6 Å². The molecular weight excluding hydrogens is 509 g/mol. The SMILES string of the molecule is CO[n+]1cc(-n2ncc(C(=O)Nc3cnc(-n4nccn4)c(Cl)c3)c2C(F)(F)F)c2ccsc2c1. The largest absolute Gasteiger partial charge is 0.434 e. The molecule has 0 saturated carbocycles. The standard InChI is InChI=1S/C20H12ClF3N8O2S/c1-34-30-9-15(12-2-5-35-16(12)10-30)31-17(20(22,23)24)13(8-28-31)19(33)29-11-6-14(21)18(25-7-11)32-26-3-4-27-32/h2-10H,1H3/p+1. The van der Waals surface area contributed by atoms with Gasteiger partial charge >= 0.3 is 6.18 Å². The van der Waals surface area contributed by atoms with Crippen molar-refractivity contribution in [1.82, 2.24) is 29.8 Å². The third-order valence-electron chi connectivity index (χ3n) is 4.87. The Morgan fingerprint density at radius 3 is 2.66 bits per heavy atom. The Morgan fingerprint density at radius 2 is 1.97 bits per heavy atom. The number of halogens is 4. The van der Waals surface area contributed by atoms with E-state index in [0.29, 0.717) is 14.8 Å². The van der Waals surface area contributed by atoms with Crippen LogP contribution in [-0.2, 0) is 6.18 Å². The van der Waals surface area contributed by atoms with E-state index in [4.69, 9.17) is 16.4 Å². The third kappa shape index (κ3) is 4.17. The fourth-order valence-corrected chi connectivity index (χ4v) is 4.45. The van der Waals surface area contributed by atoms with Gasteiger partial charge < -0.3 is 5.32 Å². The van der Waals surface area contributed by atoms with Crippen molar-refractivity contribution in [2.45, 2.75) is 6.18 Å². The van der Waals surface area contributed by atoms with Crippen molar-refractivity contribution in [3.63, 3.8) is 0 Å². The highest BCUT2D eigenvalue weighted by Gasteiger charge is 2.41. The first kappa shape index (κ1) is 22.7. The van der Waals surface area contributed by atoms with Crippen molar-refractivity contribution >= 4 is 44.6 Å². The monoisotopic (exact) mass is 521 g/mol. The predicted molar refractivity (Wildman–Crippen MR) is 119 cm³/mol. The Bertz CT molecular complexity index is 1550. The molecule has 0 unspecified atom stereocenters. The number of carbonyl (C=O) groups is 1. The molecule has 5 rings (SSSR count). The molecule has 10 nitrogen and oxygen atoms in total. The van der Waals surface area contributed by atoms with E-state index in [2.05, 4.69) is 25.6 Å². The number of anilines is 1. The number of nitrogens with one attached hydrogen (secondary N) is 1. The van der Waals surface area contributed by atoms with Gasteiger partial charge in [0.2, 0.25) is 12.4 Å². The number of amides is 1. The van der Waals surface area contributed by atoms with Crippen LogP contribution >= 0.6 is 22.9 Å². The Hall–Kier alpha value is -4.04. The lowest BCUT2D eigenvalue weighted by Gasteiger charge is -2.13. The highest BCUT2D eigenvalue weighted by Crippen LogP contribution is 2.36. The fourth-order valence-electron chi connectivity index (χ4n) is 3.39. The molecule has 0 atom stereocenters. The van der Waals surface area contributed by atoms with Crippen molar-refractivity contribution in [3.8, 4) is 11.5 Å². The van der Waals surface area contributed by atoms with Crippen LogP contribution in [0.2, 0.25) is 5.02 Å². The topological polar surface area (TPSA) is 104 Å². The number of rotatable bonds is 5. The van der Waals surface area contributed by atoms with Gasteiger partial charge in [-0.15, -0.1) is 16.1 Å². The number of thiophene rings is 1. The Kier molecular flexibility index (Phi) is 5.61. The molecule has 5 aromatic rings. The first-order valence-corrected chi connectivity index (χ1v) is 11.0. The summed E-state index contributed by atoms with van der Waals surface area (Å²) in [6, 6.07) is 3.00. The smallest absolute Gasteiger partial charge is 0.320 e. The summed E-state index contributed by atoms with van der Waals surface area (Å²) in [5.74, 6) is -0.850. The number of nitrogens with zero attached hydrogens (tertiary/aromatic N) is 7. The molecule has 0 aliphatic carbocycles. The number of carbonyl (C=O) groups excluding carboxylic acids is 1. The van der Waals surface area contributed by atoms with Gasteiger partial charge in [-0.05, 0) is 17.5 Å². The van der Waals surface area contributed by atoms with Crippen LogP contribution in [0, 0.1) is 0 Å². The van der Waals surface area contributed by atoms with Crippen molar-refractivity contribution in [3.05, 3.63) is 71.0 Å². The van der Waals surface area contributed by atoms with Crippen LogP contribution in [0.1, 0.15) is 16.1 Å².